The number of hydrogen-bond donors (Lipinski definition) is 0. The van der Waals surface area contributed by atoms with Gasteiger partial charge in [0.1, 0.15) is 11.4 Å². The highest BCUT2D eigenvalue weighted by atomic mass is 16.5. The highest BCUT2D eigenvalue weighted by Gasteiger charge is 2.41. The summed E-state index contributed by atoms with van der Waals surface area (Å²) in [6.07, 6.45) is 0. The first kappa shape index (κ1) is 24.9. The molecule has 0 fully saturated rings. The summed E-state index contributed by atoms with van der Waals surface area (Å²) in [5, 5.41) is 0.538. The Kier molecular flexibility index (Phi) is 6.28. The van der Waals surface area contributed by atoms with Crippen LogP contribution in [0.5, 0.6) is 23.0 Å². The quantitative estimate of drug-likeness (QED) is 0.248. The Hall–Kier alpha value is -4.79. The lowest BCUT2D eigenvalue weighted by molar-refractivity contribution is 0.0926. The second-order valence-electron chi connectivity index (χ2n) is 8.53. The number of carbonyl (C=O) groups excluding carboxylic acids is 3. The van der Waals surface area contributed by atoms with Crippen molar-refractivity contribution in [3.63, 3.8) is 0 Å². The van der Waals surface area contributed by atoms with E-state index < -0.39 is 17.6 Å². The minimum Gasteiger partial charge on any atom is -0.495 e. The lowest BCUT2D eigenvalue weighted by Gasteiger charge is -2.18. The summed E-state index contributed by atoms with van der Waals surface area (Å²) in [5.41, 5.74) is 1.75. The van der Waals surface area contributed by atoms with Crippen LogP contribution in [0.1, 0.15) is 43.7 Å². The van der Waals surface area contributed by atoms with Crippen molar-refractivity contribution in [3.05, 3.63) is 77.0 Å². The van der Waals surface area contributed by atoms with Crippen LogP contribution >= 0.6 is 0 Å². The molecule has 2 heterocycles. The topological polar surface area (TPSA) is 96.3 Å². The average Bonchev–Trinajstić information content (AvgIpc) is 3.42. The summed E-state index contributed by atoms with van der Waals surface area (Å²) in [7, 11) is 5.93. The van der Waals surface area contributed by atoms with Gasteiger partial charge in [0.05, 0.1) is 50.8 Å². The Morgan fingerprint density at radius 2 is 1.34 bits per heavy atom. The van der Waals surface area contributed by atoms with Crippen LogP contribution in [-0.2, 0) is 6.54 Å². The largest absolute Gasteiger partial charge is 0.495 e. The summed E-state index contributed by atoms with van der Waals surface area (Å²) in [5.74, 6) is 0.0142. The smallest absolute Gasteiger partial charge is 0.266 e. The average molecular weight is 515 g/mol. The number of fused-ring (bicyclic) bond motifs is 2. The first-order valence-electron chi connectivity index (χ1n) is 11.9. The van der Waals surface area contributed by atoms with Gasteiger partial charge in [0.2, 0.25) is 11.5 Å². The maximum atomic E-state index is 14.3. The van der Waals surface area contributed by atoms with Crippen molar-refractivity contribution in [3.8, 4) is 23.0 Å². The monoisotopic (exact) mass is 514 g/mol. The van der Waals surface area contributed by atoms with Gasteiger partial charge in [-0.25, -0.2) is 4.90 Å². The van der Waals surface area contributed by atoms with Crippen molar-refractivity contribution in [2.45, 2.75) is 13.5 Å². The van der Waals surface area contributed by atoms with Crippen molar-refractivity contribution >= 4 is 34.2 Å². The Labute approximate surface area is 219 Å². The summed E-state index contributed by atoms with van der Waals surface area (Å²) in [6, 6.07) is 15.0. The summed E-state index contributed by atoms with van der Waals surface area (Å²) in [6.45, 7) is 2.25. The van der Waals surface area contributed by atoms with Gasteiger partial charge >= 0.3 is 0 Å². The van der Waals surface area contributed by atoms with Gasteiger partial charge in [0, 0.05) is 17.5 Å². The molecule has 3 aromatic carbocycles. The molecule has 1 aliphatic rings. The molecule has 0 N–H and O–H groups in total. The first-order valence-corrected chi connectivity index (χ1v) is 11.9. The number of methoxy groups -OCH3 is 4. The number of nitrogens with zero attached hydrogens (tertiary/aromatic N) is 2. The van der Waals surface area contributed by atoms with Crippen LogP contribution in [0, 0.1) is 0 Å². The number of carbonyl (C=O) groups is 3. The van der Waals surface area contributed by atoms with E-state index in [-0.39, 0.29) is 28.1 Å². The lowest BCUT2D eigenvalue weighted by Crippen LogP contribution is -2.31. The van der Waals surface area contributed by atoms with E-state index in [1.54, 1.807) is 59.2 Å². The number of imide groups is 1. The number of para-hydroxylation sites is 1. The predicted molar refractivity (Wildman–Crippen MR) is 141 cm³/mol. The molecule has 38 heavy (non-hydrogen) atoms. The fraction of sp³-hybridized carbons (Fsp3) is 0.207. The van der Waals surface area contributed by atoms with Crippen LogP contribution < -0.4 is 23.8 Å². The van der Waals surface area contributed by atoms with E-state index in [1.165, 1.54) is 28.4 Å². The van der Waals surface area contributed by atoms with E-state index in [4.69, 9.17) is 18.9 Å². The number of hydrogen-bond acceptors (Lipinski definition) is 7. The van der Waals surface area contributed by atoms with Crippen molar-refractivity contribution in [1.82, 2.24) is 4.57 Å². The number of ketones is 1. The molecule has 0 aliphatic carbocycles. The Morgan fingerprint density at radius 1 is 0.763 bits per heavy atom. The molecule has 0 unspecified atom stereocenters. The number of benzene rings is 3. The number of amides is 2. The molecule has 9 nitrogen and oxygen atoms in total. The van der Waals surface area contributed by atoms with Gasteiger partial charge in [-0.15, -0.1) is 0 Å². The second kappa shape index (κ2) is 9.59. The van der Waals surface area contributed by atoms with Gasteiger partial charge in [0.15, 0.2) is 11.5 Å². The molecule has 1 aliphatic heterocycles. The molecule has 2 amide bonds. The number of aromatic nitrogens is 1. The molecular formula is C29H26N2O7. The van der Waals surface area contributed by atoms with Gasteiger partial charge in [-0.3, -0.25) is 14.4 Å². The van der Waals surface area contributed by atoms with Gasteiger partial charge in [-0.2, -0.15) is 0 Å². The second-order valence-corrected chi connectivity index (χ2v) is 8.53. The van der Waals surface area contributed by atoms with E-state index in [9.17, 15) is 14.4 Å². The molecular weight excluding hydrogens is 488 g/mol. The Bertz CT molecular complexity index is 1560. The highest BCUT2D eigenvalue weighted by molar-refractivity contribution is 6.38. The van der Waals surface area contributed by atoms with Crippen LogP contribution in [-0.4, -0.2) is 50.6 Å². The third-order valence-corrected chi connectivity index (χ3v) is 6.71. The van der Waals surface area contributed by atoms with Crippen LogP contribution in [0.4, 0.5) is 5.69 Å². The van der Waals surface area contributed by atoms with Crippen LogP contribution in [0.25, 0.3) is 10.9 Å². The maximum Gasteiger partial charge on any atom is 0.266 e. The summed E-state index contributed by atoms with van der Waals surface area (Å²) >= 11 is 0. The van der Waals surface area contributed by atoms with Gasteiger partial charge in [-0.1, -0.05) is 24.3 Å². The molecule has 9 heteroatoms. The molecule has 0 saturated carbocycles. The fourth-order valence-corrected chi connectivity index (χ4v) is 5.04. The summed E-state index contributed by atoms with van der Waals surface area (Å²) < 4.78 is 23.7. The molecule has 4 aromatic rings. The zero-order valence-corrected chi connectivity index (χ0v) is 21.7. The first-order chi connectivity index (χ1) is 18.4. The molecule has 194 valence electrons. The minimum atomic E-state index is -0.498. The van der Waals surface area contributed by atoms with Gasteiger partial charge in [-0.05, 0) is 37.3 Å². The number of aryl methyl sites for hydroxylation is 1. The highest BCUT2D eigenvalue weighted by Crippen LogP contribution is 2.44. The number of rotatable bonds is 8. The van der Waals surface area contributed by atoms with Gasteiger partial charge < -0.3 is 23.5 Å². The van der Waals surface area contributed by atoms with Crippen LogP contribution in [0.15, 0.2) is 54.6 Å². The Balaban J connectivity index is 1.83. The van der Waals surface area contributed by atoms with Gasteiger partial charge in [0.25, 0.3) is 11.8 Å². The third kappa shape index (κ3) is 3.50. The van der Waals surface area contributed by atoms with Crippen molar-refractivity contribution in [2.75, 3.05) is 33.3 Å². The SMILES string of the molecule is CCn1c(C(=O)c2cc(OC)c(OC)c(OC)c2)c(N2C(=O)c3ccccc3C2=O)c2cccc(OC)c21. The minimum absolute atomic E-state index is 0.163. The fourth-order valence-electron chi connectivity index (χ4n) is 5.04. The van der Waals surface area contributed by atoms with Crippen LogP contribution in [0.3, 0.4) is 0 Å². The molecule has 0 atom stereocenters. The van der Waals surface area contributed by atoms with Crippen molar-refractivity contribution < 1.29 is 33.3 Å². The normalized spacial score (nSPS) is 12.6. The Morgan fingerprint density at radius 3 is 1.84 bits per heavy atom. The number of ether oxygens (including phenoxy) is 4. The zero-order chi connectivity index (χ0) is 27.1. The van der Waals surface area contributed by atoms with Crippen molar-refractivity contribution in [2.24, 2.45) is 0 Å². The molecule has 0 spiro atoms. The molecule has 0 saturated heterocycles. The van der Waals surface area contributed by atoms with Crippen LogP contribution in [0.2, 0.25) is 0 Å². The lowest BCUT2D eigenvalue weighted by atomic mass is 10.0. The zero-order valence-electron chi connectivity index (χ0n) is 21.7. The van der Waals surface area contributed by atoms with E-state index >= 15 is 0 Å². The predicted octanol–water partition coefficient (Wildman–Crippen LogP) is 4.73. The molecule has 5 rings (SSSR count). The number of anilines is 1. The molecule has 1 aromatic heterocycles. The maximum absolute atomic E-state index is 14.3. The van der Waals surface area contributed by atoms with E-state index in [2.05, 4.69) is 0 Å². The van der Waals surface area contributed by atoms with E-state index in [1.807, 2.05) is 6.92 Å². The standard InChI is InChI=1S/C29H26N2O7/c1-6-30-23-19(12-9-13-20(23)35-2)24(31-28(33)17-10-7-8-11-18(17)29(31)34)25(30)26(32)16-14-21(36-3)27(38-5)22(15-16)37-4/h7-15H,6H2,1-5H3. The third-order valence-electron chi connectivity index (χ3n) is 6.71. The molecule has 0 radical (unpaired) electrons. The summed E-state index contributed by atoms with van der Waals surface area (Å²) in [4.78, 5) is 42.6. The van der Waals surface area contributed by atoms with E-state index in [0.29, 0.717) is 40.4 Å². The van der Waals surface area contributed by atoms with Crippen molar-refractivity contribution in [1.29, 1.82) is 0 Å². The van der Waals surface area contributed by atoms with E-state index in [0.717, 1.165) is 4.90 Å². The molecule has 0 bridgehead atoms.